The number of aliphatic hydroxyl groups is 1. The molecule has 0 heterocycles. The molecule has 3 heteroatoms. The van der Waals surface area contributed by atoms with Crippen molar-refractivity contribution in [3.05, 3.63) is 29.8 Å². The zero-order valence-electron chi connectivity index (χ0n) is 6.83. The fourth-order valence-corrected chi connectivity index (χ4v) is 0.915. The van der Waals surface area contributed by atoms with Crippen molar-refractivity contribution in [1.29, 1.82) is 0 Å². The molecule has 0 aliphatic heterocycles. The van der Waals surface area contributed by atoms with E-state index >= 15 is 0 Å². The Labute approximate surface area is 70.6 Å². The van der Waals surface area contributed by atoms with E-state index in [-0.39, 0.29) is 0 Å². The average Bonchev–Trinajstić information content (AvgIpc) is 2.17. The quantitative estimate of drug-likeness (QED) is 0.748. The summed E-state index contributed by atoms with van der Waals surface area (Å²) in [6, 6.07) is 6.66. The lowest BCUT2D eigenvalue weighted by Crippen LogP contribution is -1.98. The van der Waals surface area contributed by atoms with Gasteiger partial charge in [0.15, 0.2) is 0 Å². The Morgan fingerprint density at radius 1 is 1.42 bits per heavy atom. The van der Waals surface area contributed by atoms with Gasteiger partial charge in [-0.25, -0.2) is 4.39 Å². The fourth-order valence-electron chi connectivity index (χ4n) is 0.915. The Kier molecular flexibility index (Phi) is 3.05. The van der Waals surface area contributed by atoms with Gasteiger partial charge in [-0.05, 0) is 17.7 Å². The number of ether oxygens (including phenoxy) is 1. The third-order valence-corrected chi connectivity index (χ3v) is 1.65. The molecule has 2 nitrogen and oxygen atoms in total. The van der Waals surface area contributed by atoms with E-state index in [1.165, 1.54) is 0 Å². The molecule has 0 saturated heterocycles. The lowest BCUT2D eigenvalue weighted by atomic mass is 10.1. The molecule has 1 atom stereocenters. The van der Waals surface area contributed by atoms with Gasteiger partial charge in [0, 0.05) is 0 Å². The van der Waals surface area contributed by atoms with Gasteiger partial charge >= 0.3 is 0 Å². The number of methoxy groups -OCH3 is 1. The Bertz CT molecular complexity index is 233. The van der Waals surface area contributed by atoms with Gasteiger partial charge in [-0.15, -0.1) is 0 Å². The van der Waals surface area contributed by atoms with Crippen LogP contribution in [0.15, 0.2) is 24.3 Å². The zero-order chi connectivity index (χ0) is 8.97. The fraction of sp³-hybridized carbons (Fsp3) is 0.333. The molecule has 1 rings (SSSR count). The summed E-state index contributed by atoms with van der Waals surface area (Å²) in [6.45, 7) is -0.758. The SMILES string of the molecule is COc1ccc([C@H](O)CF)cc1. The summed E-state index contributed by atoms with van der Waals surface area (Å²) in [5.41, 5.74) is 0.568. The standard InChI is InChI=1S/C9H11FO2/c1-12-8-4-2-7(3-5-8)9(11)6-10/h2-5,9,11H,6H2,1H3/t9-/m1/s1. The van der Waals surface area contributed by atoms with Crippen LogP contribution in [-0.2, 0) is 0 Å². The summed E-state index contributed by atoms with van der Waals surface area (Å²) in [5.74, 6) is 0.699. The maximum atomic E-state index is 12.0. The topological polar surface area (TPSA) is 29.5 Å². The summed E-state index contributed by atoms with van der Waals surface area (Å²) < 4.78 is 16.9. The molecule has 0 aliphatic carbocycles. The molecule has 0 aromatic heterocycles. The van der Waals surface area contributed by atoms with Crippen molar-refractivity contribution >= 4 is 0 Å². The van der Waals surface area contributed by atoms with Gasteiger partial charge in [0.25, 0.3) is 0 Å². The Balaban J connectivity index is 2.77. The largest absolute Gasteiger partial charge is 0.497 e. The van der Waals surface area contributed by atoms with E-state index in [1.807, 2.05) is 0 Å². The normalized spacial score (nSPS) is 12.6. The van der Waals surface area contributed by atoms with Gasteiger partial charge in [0.1, 0.15) is 18.5 Å². The van der Waals surface area contributed by atoms with Crippen LogP contribution in [-0.4, -0.2) is 18.9 Å². The van der Waals surface area contributed by atoms with E-state index in [2.05, 4.69) is 0 Å². The molecule has 12 heavy (non-hydrogen) atoms. The first-order valence-corrected chi connectivity index (χ1v) is 3.66. The van der Waals surface area contributed by atoms with E-state index in [0.29, 0.717) is 11.3 Å². The first-order chi connectivity index (χ1) is 5.77. The van der Waals surface area contributed by atoms with Gasteiger partial charge in [-0.1, -0.05) is 12.1 Å². The Morgan fingerprint density at radius 3 is 2.42 bits per heavy atom. The lowest BCUT2D eigenvalue weighted by molar-refractivity contribution is 0.141. The van der Waals surface area contributed by atoms with Crippen molar-refractivity contribution in [3.8, 4) is 5.75 Å². The third kappa shape index (κ3) is 1.95. The zero-order valence-corrected chi connectivity index (χ0v) is 6.83. The van der Waals surface area contributed by atoms with Crippen molar-refractivity contribution in [1.82, 2.24) is 0 Å². The third-order valence-electron chi connectivity index (χ3n) is 1.65. The molecule has 1 aromatic carbocycles. The number of hydrogen-bond acceptors (Lipinski definition) is 2. The van der Waals surface area contributed by atoms with E-state index in [0.717, 1.165) is 0 Å². The Morgan fingerprint density at radius 2 is 2.00 bits per heavy atom. The van der Waals surface area contributed by atoms with Crippen LogP contribution in [0.25, 0.3) is 0 Å². The van der Waals surface area contributed by atoms with Crippen LogP contribution < -0.4 is 4.74 Å². The van der Waals surface area contributed by atoms with Gasteiger partial charge in [-0.3, -0.25) is 0 Å². The van der Waals surface area contributed by atoms with Gasteiger partial charge < -0.3 is 9.84 Å². The highest BCUT2D eigenvalue weighted by molar-refractivity contribution is 5.28. The average molecular weight is 170 g/mol. The minimum absolute atomic E-state index is 0.568. The lowest BCUT2D eigenvalue weighted by Gasteiger charge is -2.06. The molecular weight excluding hydrogens is 159 g/mol. The van der Waals surface area contributed by atoms with Gasteiger partial charge in [-0.2, -0.15) is 0 Å². The summed E-state index contributed by atoms with van der Waals surface area (Å²) >= 11 is 0. The number of hydrogen-bond donors (Lipinski definition) is 1. The Hall–Kier alpha value is -1.09. The van der Waals surface area contributed by atoms with E-state index in [9.17, 15) is 4.39 Å². The van der Waals surface area contributed by atoms with Crippen LogP contribution in [0.4, 0.5) is 4.39 Å². The number of rotatable bonds is 3. The van der Waals surface area contributed by atoms with Crippen LogP contribution in [0.5, 0.6) is 5.75 Å². The maximum absolute atomic E-state index is 12.0. The molecule has 0 spiro atoms. The van der Waals surface area contributed by atoms with Crippen molar-refractivity contribution in [2.24, 2.45) is 0 Å². The molecule has 0 aliphatic rings. The summed E-state index contributed by atoms with van der Waals surface area (Å²) in [7, 11) is 1.56. The second-order valence-corrected chi connectivity index (χ2v) is 2.44. The minimum atomic E-state index is -1.02. The molecular formula is C9H11FO2. The molecule has 0 radical (unpaired) electrons. The molecule has 0 bridgehead atoms. The minimum Gasteiger partial charge on any atom is -0.497 e. The van der Waals surface area contributed by atoms with Crippen LogP contribution in [0.3, 0.4) is 0 Å². The second kappa shape index (κ2) is 4.07. The summed E-state index contributed by atoms with van der Waals surface area (Å²) in [5, 5.41) is 9.08. The molecule has 1 aromatic rings. The van der Waals surface area contributed by atoms with Gasteiger partial charge in [0.05, 0.1) is 7.11 Å². The van der Waals surface area contributed by atoms with E-state index in [1.54, 1.807) is 31.4 Å². The molecule has 0 saturated carbocycles. The highest BCUT2D eigenvalue weighted by atomic mass is 19.1. The van der Waals surface area contributed by atoms with Crippen molar-refractivity contribution in [2.75, 3.05) is 13.8 Å². The predicted molar refractivity (Wildman–Crippen MR) is 43.9 cm³/mol. The van der Waals surface area contributed by atoms with Crippen molar-refractivity contribution in [3.63, 3.8) is 0 Å². The number of halogens is 1. The van der Waals surface area contributed by atoms with Crippen LogP contribution >= 0.6 is 0 Å². The van der Waals surface area contributed by atoms with E-state index < -0.39 is 12.8 Å². The smallest absolute Gasteiger partial charge is 0.119 e. The molecule has 66 valence electrons. The predicted octanol–water partition coefficient (Wildman–Crippen LogP) is 1.70. The highest BCUT2D eigenvalue weighted by Gasteiger charge is 2.05. The second-order valence-electron chi connectivity index (χ2n) is 2.44. The van der Waals surface area contributed by atoms with Gasteiger partial charge in [0.2, 0.25) is 0 Å². The summed E-state index contributed by atoms with van der Waals surface area (Å²) in [4.78, 5) is 0. The van der Waals surface area contributed by atoms with E-state index in [4.69, 9.17) is 9.84 Å². The van der Waals surface area contributed by atoms with Crippen LogP contribution in [0.2, 0.25) is 0 Å². The van der Waals surface area contributed by atoms with Crippen LogP contribution in [0.1, 0.15) is 11.7 Å². The first-order valence-electron chi connectivity index (χ1n) is 3.66. The molecule has 0 fully saturated rings. The highest BCUT2D eigenvalue weighted by Crippen LogP contribution is 2.17. The van der Waals surface area contributed by atoms with Crippen LogP contribution in [0, 0.1) is 0 Å². The van der Waals surface area contributed by atoms with Crippen molar-refractivity contribution in [2.45, 2.75) is 6.10 Å². The maximum Gasteiger partial charge on any atom is 0.119 e. The summed E-state index contributed by atoms with van der Waals surface area (Å²) in [6.07, 6.45) is -1.02. The molecule has 0 unspecified atom stereocenters. The molecule has 0 amide bonds. The van der Waals surface area contributed by atoms with Crippen molar-refractivity contribution < 1.29 is 14.2 Å². The number of aliphatic hydroxyl groups excluding tert-OH is 1. The number of alkyl halides is 1. The monoisotopic (exact) mass is 170 g/mol. The molecule has 1 N–H and O–H groups in total. The first kappa shape index (κ1) is 9.00. The number of benzene rings is 1.